The van der Waals surface area contributed by atoms with Gasteiger partial charge >= 0.3 is 18.2 Å². The summed E-state index contributed by atoms with van der Waals surface area (Å²) in [6, 6.07) is 5.28. The lowest BCUT2D eigenvalue weighted by Gasteiger charge is -2.23. The van der Waals surface area contributed by atoms with Crippen LogP contribution in [-0.4, -0.2) is 33.5 Å². The standard InChI is InChI=1S/C14H13F3N4O5/c15-14(16,17)26-9-3-1-8(2-4-9)6-24-10-5-20-11(18)12(21(22)23)19-13(20)25-7-10/h1-4,10H,5-7,18H2/t10-/m0/s1. The molecule has 2 heterocycles. The van der Waals surface area contributed by atoms with E-state index in [4.69, 9.17) is 15.2 Å². The number of halogens is 3. The van der Waals surface area contributed by atoms with E-state index in [1.54, 1.807) is 0 Å². The van der Waals surface area contributed by atoms with Gasteiger partial charge in [0.15, 0.2) is 0 Å². The van der Waals surface area contributed by atoms with E-state index in [2.05, 4.69) is 9.72 Å². The molecule has 1 aliphatic heterocycles. The Bertz CT molecular complexity index is 806. The summed E-state index contributed by atoms with van der Waals surface area (Å²) in [6.45, 7) is 0.423. The zero-order valence-electron chi connectivity index (χ0n) is 13.1. The van der Waals surface area contributed by atoms with Crippen LogP contribution in [-0.2, 0) is 17.9 Å². The molecule has 3 rings (SSSR count). The van der Waals surface area contributed by atoms with Gasteiger partial charge in [-0.3, -0.25) is 0 Å². The normalized spacial score (nSPS) is 16.7. The van der Waals surface area contributed by atoms with Crippen LogP contribution in [0.1, 0.15) is 5.56 Å². The molecular weight excluding hydrogens is 361 g/mol. The molecule has 0 fully saturated rings. The van der Waals surface area contributed by atoms with E-state index in [-0.39, 0.29) is 37.3 Å². The number of anilines is 1. The number of rotatable bonds is 5. The molecule has 0 spiro atoms. The van der Waals surface area contributed by atoms with Gasteiger partial charge in [0.1, 0.15) is 18.5 Å². The number of fused-ring (bicyclic) bond motifs is 1. The van der Waals surface area contributed by atoms with E-state index in [0.717, 1.165) is 0 Å². The number of ether oxygens (including phenoxy) is 3. The molecule has 0 radical (unpaired) electrons. The van der Waals surface area contributed by atoms with Gasteiger partial charge in [-0.25, -0.2) is 4.57 Å². The fourth-order valence-corrected chi connectivity index (χ4v) is 2.38. The molecule has 2 aromatic rings. The molecule has 0 saturated heterocycles. The number of nitrogens with zero attached hydrogens (tertiary/aromatic N) is 3. The van der Waals surface area contributed by atoms with E-state index < -0.39 is 23.2 Å². The van der Waals surface area contributed by atoms with Gasteiger partial charge in [-0.15, -0.1) is 13.2 Å². The third-order valence-electron chi connectivity index (χ3n) is 3.55. The topological polar surface area (TPSA) is 115 Å². The Labute approximate surface area is 144 Å². The smallest absolute Gasteiger partial charge is 0.443 e. The molecule has 140 valence electrons. The molecule has 0 unspecified atom stereocenters. The van der Waals surface area contributed by atoms with Crippen LogP contribution in [0.5, 0.6) is 11.8 Å². The third-order valence-corrected chi connectivity index (χ3v) is 3.55. The number of benzene rings is 1. The minimum absolute atomic E-state index is 0.0442. The van der Waals surface area contributed by atoms with Gasteiger partial charge in [0, 0.05) is 4.98 Å². The first-order valence-electron chi connectivity index (χ1n) is 7.32. The zero-order valence-corrected chi connectivity index (χ0v) is 13.1. The summed E-state index contributed by atoms with van der Waals surface area (Å²) in [5, 5.41) is 10.8. The highest BCUT2D eigenvalue weighted by Gasteiger charge is 2.33. The fraction of sp³-hybridized carbons (Fsp3) is 0.357. The van der Waals surface area contributed by atoms with Crippen LogP contribution in [0.4, 0.5) is 24.8 Å². The average molecular weight is 374 g/mol. The quantitative estimate of drug-likeness (QED) is 0.630. The lowest BCUT2D eigenvalue weighted by atomic mass is 10.2. The van der Waals surface area contributed by atoms with Crippen LogP contribution in [0.25, 0.3) is 0 Å². The number of imidazole rings is 1. The number of hydrogen-bond acceptors (Lipinski definition) is 7. The molecule has 0 bridgehead atoms. The average Bonchev–Trinajstić information content (AvgIpc) is 2.90. The number of aromatic nitrogens is 2. The molecule has 12 heteroatoms. The van der Waals surface area contributed by atoms with Crippen molar-refractivity contribution in [2.45, 2.75) is 25.6 Å². The monoisotopic (exact) mass is 374 g/mol. The van der Waals surface area contributed by atoms with Crippen LogP contribution in [0.15, 0.2) is 24.3 Å². The maximum Gasteiger partial charge on any atom is 0.573 e. The highest BCUT2D eigenvalue weighted by Crippen LogP contribution is 2.30. The lowest BCUT2D eigenvalue weighted by molar-refractivity contribution is -0.388. The maximum absolute atomic E-state index is 12.1. The van der Waals surface area contributed by atoms with Crippen molar-refractivity contribution in [2.24, 2.45) is 0 Å². The highest BCUT2D eigenvalue weighted by atomic mass is 19.4. The lowest BCUT2D eigenvalue weighted by Crippen LogP contribution is -2.32. The first-order chi connectivity index (χ1) is 12.2. The van der Waals surface area contributed by atoms with Gasteiger partial charge in [-0.2, -0.15) is 0 Å². The third kappa shape index (κ3) is 3.96. The summed E-state index contributed by atoms with van der Waals surface area (Å²) < 4.78 is 52.4. The molecule has 0 aliphatic carbocycles. The predicted molar refractivity (Wildman–Crippen MR) is 80.5 cm³/mol. The zero-order chi connectivity index (χ0) is 18.9. The molecule has 1 aliphatic rings. The van der Waals surface area contributed by atoms with Gasteiger partial charge in [0.05, 0.1) is 13.2 Å². The number of alkyl halides is 3. The molecule has 0 saturated carbocycles. The number of nitrogens with two attached hydrogens (primary N) is 1. The van der Waals surface area contributed by atoms with Crippen molar-refractivity contribution in [1.29, 1.82) is 0 Å². The SMILES string of the molecule is Nc1c([N+](=O)[O-])nc2n1C[C@H](OCc1ccc(OC(F)(F)F)cc1)CO2. The summed E-state index contributed by atoms with van der Waals surface area (Å²) in [7, 11) is 0. The molecule has 9 nitrogen and oxygen atoms in total. The molecule has 0 amide bonds. The van der Waals surface area contributed by atoms with Gasteiger partial charge in [-0.1, -0.05) is 12.1 Å². The predicted octanol–water partition coefficient (Wildman–Crippen LogP) is 2.25. The van der Waals surface area contributed by atoms with Crippen LogP contribution in [0.3, 0.4) is 0 Å². The molecule has 2 N–H and O–H groups in total. The van der Waals surface area contributed by atoms with Gasteiger partial charge in [0.25, 0.3) is 0 Å². The van der Waals surface area contributed by atoms with Crippen LogP contribution < -0.4 is 15.2 Å². The Balaban J connectivity index is 1.59. The Morgan fingerprint density at radius 3 is 2.69 bits per heavy atom. The number of nitrogen functional groups attached to an aromatic ring is 1. The number of nitro groups is 1. The van der Waals surface area contributed by atoms with E-state index in [1.165, 1.54) is 28.8 Å². The van der Waals surface area contributed by atoms with E-state index in [1.807, 2.05) is 0 Å². The van der Waals surface area contributed by atoms with Crippen molar-refractivity contribution in [2.75, 3.05) is 12.3 Å². The Kier molecular flexibility index (Phi) is 4.59. The van der Waals surface area contributed by atoms with Crippen molar-refractivity contribution in [1.82, 2.24) is 9.55 Å². The second-order valence-corrected chi connectivity index (χ2v) is 5.41. The van der Waals surface area contributed by atoms with E-state index in [0.29, 0.717) is 5.56 Å². The second kappa shape index (κ2) is 6.71. The van der Waals surface area contributed by atoms with Crippen LogP contribution >= 0.6 is 0 Å². The Morgan fingerprint density at radius 2 is 2.08 bits per heavy atom. The van der Waals surface area contributed by atoms with Gasteiger partial charge in [0.2, 0.25) is 5.82 Å². The summed E-state index contributed by atoms with van der Waals surface area (Å²) in [6.07, 6.45) is -5.20. The Hall–Kier alpha value is -3.02. The van der Waals surface area contributed by atoms with Crippen molar-refractivity contribution >= 4 is 11.6 Å². The molecule has 1 aromatic carbocycles. The van der Waals surface area contributed by atoms with Gasteiger partial charge in [-0.05, 0) is 22.6 Å². The Morgan fingerprint density at radius 1 is 1.38 bits per heavy atom. The van der Waals surface area contributed by atoms with Crippen molar-refractivity contribution < 1.29 is 32.3 Å². The van der Waals surface area contributed by atoms with E-state index >= 15 is 0 Å². The van der Waals surface area contributed by atoms with Crippen molar-refractivity contribution in [3.05, 3.63) is 39.9 Å². The summed E-state index contributed by atoms with van der Waals surface area (Å²) in [5.74, 6) is -0.946. The summed E-state index contributed by atoms with van der Waals surface area (Å²) in [5.41, 5.74) is 6.30. The largest absolute Gasteiger partial charge is 0.573 e. The second-order valence-electron chi connectivity index (χ2n) is 5.41. The summed E-state index contributed by atoms with van der Waals surface area (Å²) in [4.78, 5) is 13.8. The van der Waals surface area contributed by atoms with Crippen LogP contribution in [0.2, 0.25) is 0 Å². The summed E-state index contributed by atoms with van der Waals surface area (Å²) >= 11 is 0. The van der Waals surface area contributed by atoms with Crippen molar-refractivity contribution in [3.8, 4) is 11.8 Å². The van der Waals surface area contributed by atoms with E-state index in [9.17, 15) is 23.3 Å². The highest BCUT2D eigenvalue weighted by molar-refractivity contribution is 5.51. The molecular formula is C14H13F3N4O5. The molecule has 1 aromatic heterocycles. The molecule has 26 heavy (non-hydrogen) atoms. The fourth-order valence-electron chi connectivity index (χ4n) is 2.38. The minimum atomic E-state index is -4.75. The van der Waals surface area contributed by atoms with Gasteiger partial charge < -0.3 is 30.1 Å². The molecule has 1 atom stereocenters. The van der Waals surface area contributed by atoms with Crippen molar-refractivity contribution in [3.63, 3.8) is 0 Å². The number of hydrogen-bond donors (Lipinski definition) is 1. The van der Waals surface area contributed by atoms with Crippen LogP contribution in [0, 0.1) is 10.1 Å². The first-order valence-corrected chi connectivity index (χ1v) is 7.32. The maximum atomic E-state index is 12.1. The first kappa shape index (κ1) is 17.8. The minimum Gasteiger partial charge on any atom is -0.443 e.